The molecule has 20 heavy (non-hydrogen) atoms. The molecule has 0 saturated carbocycles. The average molecular weight is 267 g/mol. The molecular formula is C18H21NO. The van der Waals surface area contributed by atoms with Crippen LogP contribution in [0.1, 0.15) is 42.1 Å². The highest BCUT2D eigenvalue weighted by molar-refractivity contribution is 5.35. The van der Waals surface area contributed by atoms with Crippen molar-refractivity contribution in [3.63, 3.8) is 0 Å². The Balaban J connectivity index is 1.75. The van der Waals surface area contributed by atoms with Gasteiger partial charge in [0.15, 0.2) is 0 Å². The first kappa shape index (κ1) is 13.2. The van der Waals surface area contributed by atoms with Gasteiger partial charge in [-0.15, -0.1) is 0 Å². The predicted molar refractivity (Wildman–Crippen MR) is 82.0 cm³/mol. The Hall–Kier alpha value is -1.80. The predicted octanol–water partition coefficient (Wildman–Crippen LogP) is 4.03. The minimum atomic E-state index is 0.321. The van der Waals surface area contributed by atoms with Crippen LogP contribution < -0.4 is 10.1 Å². The molecule has 2 nitrogen and oxygen atoms in total. The van der Waals surface area contributed by atoms with Crippen LogP contribution in [0.15, 0.2) is 48.5 Å². The van der Waals surface area contributed by atoms with Crippen molar-refractivity contribution in [2.45, 2.75) is 31.8 Å². The minimum absolute atomic E-state index is 0.321. The third-order valence-electron chi connectivity index (χ3n) is 4.18. The number of nitrogens with one attached hydrogen (secondary N) is 1. The highest BCUT2D eigenvalue weighted by atomic mass is 16.5. The molecule has 0 spiro atoms. The van der Waals surface area contributed by atoms with Crippen LogP contribution in [0.2, 0.25) is 0 Å². The lowest BCUT2D eigenvalue weighted by Gasteiger charge is -2.21. The van der Waals surface area contributed by atoms with Crippen LogP contribution in [0, 0.1) is 0 Å². The zero-order valence-corrected chi connectivity index (χ0v) is 12.1. The molecule has 0 amide bonds. The van der Waals surface area contributed by atoms with Crippen molar-refractivity contribution in [3.05, 3.63) is 65.2 Å². The van der Waals surface area contributed by atoms with Gasteiger partial charge in [0.25, 0.3) is 0 Å². The fourth-order valence-corrected chi connectivity index (χ4v) is 3.04. The molecule has 1 aliphatic rings. The lowest BCUT2D eigenvalue weighted by atomic mass is 10.0. The number of ether oxygens (including phenoxy) is 1. The van der Waals surface area contributed by atoms with Crippen molar-refractivity contribution in [2.75, 3.05) is 7.11 Å². The lowest BCUT2D eigenvalue weighted by molar-refractivity contribution is 0.411. The van der Waals surface area contributed by atoms with Crippen molar-refractivity contribution in [1.29, 1.82) is 0 Å². The van der Waals surface area contributed by atoms with E-state index in [0.29, 0.717) is 12.1 Å². The molecule has 1 unspecified atom stereocenters. The monoisotopic (exact) mass is 267 g/mol. The molecule has 2 atom stereocenters. The van der Waals surface area contributed by atoms with Gasteiger partial charge in [0.2, 0.25) is 0 Å². The Labute approximate surface area is 120 Å². The third kappa shape index (κ3) is 2.56. The summed E-state index contributed by atoms with van der Waals surface area (Å²) in [4.78, 5) is 0. The van der Waals surface area contributed by atoms with Crippen LogP contribution in [0.5, 0.6) is 5.75 Å². The smallest absolute Gasteiger partial charge is 0.119 e. The van der Waals surface area contributed by atoms with Gasteiger partial charge < -0.3 is 10.1 Å². The van der Waals surface area contributed by atoms with Crippen molar-refractivity contribution in [1.82, 2.24) is 5.32 Å². The summed E-state index contributed by atoms with van der Waals surface area (Å²) in [5.74, 6) is 0.919. The maximum absolute atomic E-state index is 5.30. The Bertz CT molecular complexity index is 593. The summed E-state index contributed by atoms with van der Waals surface area (Å²) < 4.78 is 5.30. The van der Waals surface area contributed by atoms with E-state index in [1.165, 1.54) is 29.5 Å². The quantitative estimate of drug-likeness (QED) is 0.903. The average Bonchev–Trinajstić information content (AvgIpc) is 2.90. The fraction of sp³-hybridized carbons (Fsp3) is 0.333. The summed E-state index contributed by atoms with van der Waals surface area (Å²) in [7, 11) is 1.71. The molecular weight excluding hydrogens is 246 g/mol. The van der Waals surface area contributed by atoms with E-state index in [0.717, 1.165) is 5.75 Å². The van der Waals surface area contributed by atoms with E-state index >= 15 is 0 Å². The minimum Gasteiger partial charge on any atom is -0.497 e. The van der Waals surface area contributed by atoms with Gasteiger partial charge in [0.1, 0.15) is 5.75 Å². The maximum atomic E-state index is 5.30. The first-order chi connectivity index (χ1) is 9.78. The molecule has 0 radical (unpaired) electrons. The van der Waals surface area contributed by atoms with Gasteiger partial charge >= 0.3 is 0 Å². The number of hydrogen-bond donors (Lipinski definition) is 1. The van der Waals surface area contributed by atoms with Crippen LogP contribution >= 0.6 is 0 Å². The summed E-state index contributed by atoms with van der Waals surface area (Å²) in [5, 5.41) is 3.75. The van der Waals surface area contributed by atoms with Crippen molar-refractivity contribution < 1.29 is 4.74 Å². The molecule has 2 aromatic carbocycles. The highest BCUT2D eigenvalue weighted by Gasteiger charge is 2.23. The summed E-state index contributed by atoms with van der Waals surface area (Å²) in [6, 6.07) is 17.8. The van der Waals surface area contributed by atoms with Crippen molar-refractivity contribution in [2.24, 2.45) is 0 Å². The lowest BCUT2D eigenvalue weighted by Crippen LogP contribution is -2.23. The Morgan fingerprint density at radius 1 is 1.15 bits per heavy atom. The second kappa shape index (κ2) is 5.68. The zero-order valence-electron chi connectivity index (χ0n) is 12.1. The maximum Gasteiger partial charge on any atom is 0.119 e. The van der Waals surface area contributed by atoms with Crippen LogP contribution in [0.4, 0.5) is 0 Å². The second-order valence-corrected chi connectivity index (χ2v) is 5.46. The van der Waals surface area contributed by atoms with E-state index in [1.807, 2.05) is 6.07 Å². The topological polar surface area (TPSA) is 21.3 Å². The SMILES string of the molecule is COc1cccc([C@@H](C)NC2CCc3ccccc32)c1. The Morgan fingerprint density at radius 3 is 2.85 bits per heavy atom. The number of methoxy groups -OCH3 is 1. The molecule has 2 heteroatoms. The van der Waals surface area contributed by atoms with Crippen LogP contribution in [-0.4, -0.2) is 7.11 Å². The van der Waals surface area contributed by atoms with Gasteiger partial charge in [0, 0.05) is 12.1 Å². The number of aryl methyl sites for hydroxylation is 1. The molecule has 0 fully saturated rings. The zero-order chi connectivity index (χ0) is 13.9. The molecule has 0 saturated heterocycles. The summed E-state index contributed by atoms with van der Waals surface area (Å²) >= 11 is 0. The van der Waals surface area contributed by atoms with Gasteiger partial charge in [-0.3, -0.25) is 0 Å². The Morgan fingerprint density at radius 2 is 2.00 bits per heavy atom. The van der Waals surface area contributed by atoms with E-state index in [4.69, 9.17) is 4.74 Å². The molecule has 104 valence electrons. The van der Waals surface area contributed by atoms with Gasteiger partial charge in [-0.05, 0) is 48.6 Å². The number of rotatable bonds is 4. The molecule has 0 heterocycles. The molecule has 0 aromatic heterocycles. The molecule has 0 aliphatic heterocycles. The summed E-state index contributed by atoms with van der Waals surface area (Å²) in [5.41, 5.74) is 4.22. The largest absolute Gasteiger partial charge is 0.497 e. The molecule has 0 bridgehead atoms. The van der Waals surface area contributed by atoms with Gasteiger partial charge in [0.05, 0.1) is 7.11 Å². The van der Waals surface area contributed by atoms with E-state index in [9.17, 15) is 0 Å². The third-order valence-corrected chi connectivity index (χ3v) is 4.18. The first-order valence-corrected chi connectivity index (χ1v) is 7.25. The first-order valence-electron chi connectivity index (χ1n) is 7.25. The van der Waals surface area contributed by atoms with E-state index in [-0.39, 0.29) is 0 Å². The summed E-state index contributed by atoms with van der Waals surface area (Å²) in [6.45, 7) is 2.22. The van der Waals surface area contributed by atoms with Crippen molar-refractivity contribution in [3.8, 4) is 5.75 Å². The van der Waals surface area contributed by atoms with Crippen LogP contribution in [-0.2, 0) is 6.42 Å². The number of fused-ring (bicyclic) bond motifs is 1. The van der Waals surface area contributed by atoms with Crippen LogP contribution in [0.25, 0.3) is 0 Å². The van der Waals surface area contributed by atoms with Crippen LogP contribution in [0.3, 0.4) is 0 Å². The highest BCUT2D eigenvalue weighted by Crippen LogP contribution is 2.33. The van der Waals surface area contributed by atoms with Gasteiger partial charge in [-0.2, -0.15) is 0 Å². The number of benzene rings is 2. The molecule has 3 rings (SSSR count). The normalized spacial score (nSPS) is 18.6. The standard InChI is InChI=1S/C18H21NO/c1-13(15-7-5-8-16(12-15)20-2)19-18-11-10-14-6-3-4-9-17(14)18/h3-9,12-13,18-19H,10-11H2,1-2H3/t13-,18?/m1/s1. The van der Waals surface area contributed by atoms with Gasteiger partial charge in [-0.25, -0.2) is 0 Å². The van der Waals surface area contributed by atoms with Gasteiger partial charge in [-0.1, -0.05) is 36.4 Å². The van der Waals surface area contributed by atoms with E-state index in [2.05, 4.69) is 54.7 Å². The van der Waals surface area contributed by atoms with E-state index < -0.39 is 0 Å². The molecule has 1 aliphatic carbocycles. The molecule has 1 N–H and O–H groups in total. The molecule has 2 aromatic rings. The Kier molecular flexibility index (Phi) is 3.75. The van der Waals surface area contributed by atoms with E-state index in [1.54, 1.807) is 7.11 Å². The summed E-state index contributed by atoms with van der Waals surface area (Å²) in [6.07, 6.45) is 2.37. The second-order valence-electron chi connectivity index (χ2n) is 5.46. The number of hydrogen-bond acceptors (Lipinski definition) is 2. The fourth-order valence-electron chi connectivity index (χ4n) is 3.04. The van der Waals surface area contributed by atoms with Crippen molar-refractivity contribution >= 4 is 0 Å².